The van der Waals surface area contributed by atoms with E-state index in [1.807, 2.05) is 17.9 Å². The number of aryl methyl sites for hydroxylation is 1. The smallest absolute Gasteiger partial charge is 0.0594 e. The molecule has 0 spiro atoms. The second-order valence-electron chi connectivity index (χ2n) is 4.54. The Morgan fingerprint density at radius 3 is 3.12 bits per heavy atom. The van der Waals surface area contributed by atoms with Crippen molar-refractivity contribution >= 4 is 0 Å². The van der Waals surface area contributed by atoms with Crippen molar-refractivity contribution in [1.82, 2.24) is 14.7 Å². The fraction of sp³-hybridized carbons (Fsp3) is 0.750. The molecule has 17 heavy (non-hydrogen) atoms. The van der Waals surface area contributed by atoms with Crippen LogP contribution in [0.3, 0.4) is 0 Å². The SMILES string of the molecule is Cn1cc(C2CCCN2CCOCCN)cn1. The third-order valence-corrected chi connectivity index (χ3v) is 3.26. The van der Waals surface area contributed by atoms with Gasteiger partial charge in [0.2, 0.25) is 0 Å². The van der Waals surface area contributed by atoms with Crippen LogP contribution in [0.25, 0.3) is 0 Å². The molecular formula is C12H22N4O. The summed E-state index contributed by atoms with van der Waals surface area (Å²) in [5.74, 6) is 0. The first-order chi connectivity index (χ1) is 8.31. The minimum absolute atomic E-state index is 0.519. The Hall–Kier alpha value is -0.910. The van der Waals surface area contributed by atoms with E-state index in [-0.39, 0.29) is 0 Å². The Kier molecular flexibility index (Phi) is 4.53. The summed E-state index contributed by atoms with van der Waals surface area (Å²) in [6.45, 7) is 4.18. The molecule has 2 heterocycles. The molecule has 5 heteroatoms. The van der Waals surface area contributed by atoms with Crippen LogP contribution in [0.1, 0.15) is 24.4 Å². The Morgan fingerprint density at radius 2 is 2.41 bits per heavy atom. The van der Waals surface area contributed by atoms with Gasteiger partial charge in [0.1, 0.15) is 0 Å². The van der Waals surface area contributed by atoms with E-state index >= 15 is 0 Å². The number of hydrogen-bond acceptors (Lipinski definition) is 4. The number of nitrogens with two attached hydrogens (primary N) is 1. The summed E-state index contributed by atoms with van der Waals surface area (Å²) in [4.78, 5) is 2.48. The van der Waals surface area contributed by atoms with Gasteiger partial charge >= 0.3 is 0 Å². The second kappa shape index (κ2) is 6.14. The first-order valence-corrected chi connectivity index (χ1v) is 6.31. The van der Waals surface area contributed by atoms with Gasteiger partial charge in [-0.25, -0.2) is 0 Å². The second-order valence-corrected chi connectivity index (χ2v) is 4.54. The predicted molar refractivity (Wildman–Crippen MR) is 66.6 cm³/mol. The van der Waals surface area contributed by atoms with E-state index in [1.165, 1.54) is 18.4 Å². The molecule has 0 amide bonds. The van der Waals surface area contributed by atoms with Gasteiger partial charge < -0.3 is 10.5 Å². The quantitative estimate of drug-likeness (QED) is 0.735. The van der Waals surface area contributed by atoms with Crippen molar-refractivity contribution in [3.05, 3.63) is 18.0 Å². The maximum absolute atomic E-state index is 5.45. The van der Waals surface area contributed by atoms with Gasteiger partial charge in [-0.3, -0.25) is 9.58 Å². The minimum atomic E-state index is 0.519. The van der Waals surface area contributed by atoms with Gasteiger partial charge in [-0.15, -0.1) is 0 Å². The summed E-state index contributed by atoms with van der Waals surface area (Å²) in [5, 5.41) is 4.25. The maximum atomic E-state index is 5.45. The standard InChI is InChI=1S/C12H22N4O/c1-15-10-11(9-14-15)12-3-2-5-16(12)6-8-17-7-4-13/h9-10,12H,2-8,13H2,1H3. The van der Waals surface area contributed by atoms with Crippen LogP contribution in [0.15, 0.2) is 12.4 Å². The van der Waals surface area contributed by atoms with Crippen LogP contribution in [0, 0.1) is 0 Å². The molecule has 1 aliphatic rings. The summed E-state index contributed by atoms with van der Waals surface area (Å²) < 4.78 is 7.32. The third kappa shape index (κ3) is 3.28. The molecule has 0 aromatic carbocycles. The van der Waals surface area contributed by atoms with Crippen molar-refractivity contribution in [2.45, 2.75) is 18.9 Å². The molecule has 1 fully saturated rings. The molecule has 5 nitrogen and oxygen atoms in total. The molecule has 2 rings (SSSR count). The van der Waals surface area contributed by atoms with Gasteiger partial charge in [-0.2, -0.15) is 5.10 Å². The number of aromatic nitrogens is 2. The average molecular weight is 238 g/mol. The molecule has 0 aliphatic carbocycles. The van der Waals surface area contributed by atoms with E-state index in [1.54, 1.807) is 0 Å². The van der Waals surface area contributed by atoms with Crippen molar-refractivity contribution in [2.24, 2.45) is 12.8 Å². The topological polar surface area (TPSA) is 56.3 Å². The largest absolute Gasteiger partial charge is 0.379 e. The van der Waals surface area contributed by atoms with Crippen molar-refractivity contribution in [3.8, 4) is 0 Å². The van der Waals surface area contributed by atoms with E-state index in [2.05, 4.69) is 16.2 Å². The van der Waals surface area contributed by atoms with E-state index in [4.69, 9.17) is 10.5 Å². The van der Waals surface area contributed by atoms with Crippen LogP contribution in [0.5, 0.6) is 0 Å². The number of likely N-dealkylation sites (tertiary alicyclic amines) is 1. The predicted octanol–water partition coefficient (Wildman–Crippen LogP) is 0.532. The zero-order valence-electron chi connectivity index (χ0n) is 10.5. The van der Waals surface area contributed by atoms with Crippen LogP contribution in [0.2, 0.25) is 0 Å². The zero-order chi connectivity index (χ0) is 12.1. The molecule has 0 bridgehead atoms. The lowest BCUT2D eigenvalue weighted by Crippen LogP contribution is -2.27. The Labute approximate surface area is 103 Å². The molecule has 0 radical (unpaired) electrons. The maximum Gasteiger partial charge on any atom is 0.0594 e. The summed E-state index contributed by atoms with van der Waals surface area (Å²) in [7, 11) is 1.97. The average Bonchev–Trinajstić information content (AvgIpc) is 2.93. The summed E-state index contributed by atoms with van der Waals surface area (Å²) in [6.07, 6.45) is 6.58. The Morgan fingerprint density at radius 1 is 1.53 bits per heavy atom. The normalized spacial score (nSPS) is 21.2. The molecule has 1 aliphatic heterocycles. The van der Waals surface area contributed by atoms with Crippen LogP contribution >= 0.6 is 0 Å². The molecule has 0 saturated carbocycles. The molecular weight excluding hydrogens is 216 g/mol. The number of nitrogens with zero attached hydrogens (tertiary/aromatic N) is 3. The van der Waals surface area contributed by atoms with Crippen molar-refractivity contribution < 1.29 is 4.74 Å². The molecule has 1 atom stereocenters. The van der Waals surface area contributed by atoms with Crippen LogP contribution in [0.4, 0.5) is 0 Å². The summed E-state index contributed by atoms with van der Waals surface area (Å²) in [6, 6.07) is 0.519. The highest BCUT2D eigenvalue weighted by Crippen LogP contribution is 2.30. The molecule has 1 aromatic rings. The first-order valence-electron chi connectivity index (χ1n) is 6.31. The van der Waals surface area contributed by atoms with E-state index < -0.39 is 0 Å². The van der Waals surface area contributed by atoms with Crippen LogP contribution < -0.4 is 5.73 Å². The van der Waals surface area contributed by atoms with Gasteiger partial charge in [-0.05, 0) is 19.4 Å². The lowest BCUT2D eigenvalue weighted by molar-refractivity contribution is 0.104. The van der Waals surface area contributed by atoms with Gasteiger partial charge in [0.25, 0.3) is 0 Å². The minimum Gasteiger partial charge on any atom is -0.379 e. The molecule has 1 unspecified atom stereocenters. The fourth-order valence-electron chi connectivity index (χ4n) is 2.45. The third-order valence-electron chi connectivity index (χ3n) is 3.26. The van der Waals surface area contributed by atoms with Gasteiger partial charge in [0, 0.05) is 37.9 Å². The first kappa shape index (κ1) is 12.5. The number of ether oxygens (including phenoxy) is 1. The van der Waals surface area contributed by atoms with Crippen LogP contribution in [-0.2, 0) is 11.8 Å². The number of rotatable bonds is 6. The molecule has 1 aromatic heterocycles. The highest BCUT2D eigenvalue weighted by Gasteiger charge is 2.26. The highest BCUT2D eigenvalue weighted by atomic mass is 16.5. The van der Waals surface area contributed by atoms with E-state index in [0.717, 1.165) is 19.7 Å². The lowest BCUT2D eigenvalue weighted by atomic mass is 10.1. The number of hydrogen-bond donors (Lipinski definition) is 1. The van der Waals surface area contributed by atoms with Gasteiger partial charge in [0.05, 0.1) is 19.4 Å². The van der Waals surface area contributed by atoms with Crippen molar-refractivity contribution in [3.63, 3.8) is 0 Å². The molecule has 2 N–H and O–H groups in total. The fourth-order valence-corrected chi connectivity index (χ4v) is 2.45. The van der Waals surface area contributed by atoms with Crippen LogP contribution in [-0.4, -0.2) is 47.5 Å². The van der Waals surface area contributed by atoms with Gasteiger partial charge in [0.15, 0.2) is 0 Å². The van der Waals surface area contributed by atoms with Crippen molar-refractivity contribution in [2.75, 3.05) is 32.8 Å². The summed E-state index contributed by atoms with van der Waals surface area (Å²) in [5.41, 5.74) is 6.72. The Bertz CT molecular complexity index is 339. The lowest BCUT2D eigenvalue weighted by Gasteiger charge is -2.23. The van der Waals surface area contributed by atoms with Crippen molar-refractivity contribution in [1.29, 1.82) is 0 Å². The van der Waals surface area contributed by atoms with E-state index in [0.29, 0.717) is 19.2 Å². The zero-order valence-corrected chi connectivity index (χ0v) is 10.5. The molecule has 96 valence electrons. The van der Waals surface area contributed by atoms with Gasteiger partial charge in [-0.1, -0.05) is 0 Å². The Balaban J connectivity index is 1.84. The summed E-state index contributed by atoms with van der Waals surface area (Å²) >= 11 is 0. The monoisotopic (exact) mass is 238 g/mol. The highest BCUT2D eigenvalue weighted by molar-refractivity contribution is 5.12. The molecule has 1 saturated heterocycles. The van der Waals surface area contributed by atoms with E-state index in [9.17, 15) is 0 Å².